The van der Waals surface area contributed by atoms with Crippen molar-refractivity contribution in [3.05, 3.63) is 65.6 Å². The molecule has 0 saturated carbocycles. The van der Waals surface area contributed by atoms with Crippen molar-refractivity contribution in [3.63, 3.8) is 0 Å². The predicted octanol–water partition coefficient (Wildman–Crippen LogP) is 2.55. The second kappa shape index (κ2) is 7.63. The minimum Gasteiger partial charge on any atom is -0.493 e. The Morgan fingerprint density at radius 3 is 2.74 bits per heavy atom. The second-order valence-electron chi connectivity index (χ2n) is 7.83. The van der Waals surface area contributed by atoms with Crippen LogP contribution in [0.4, 0.5) is 5.82 Å². The summed E-state index contributed by atoms with van der Waals surface area (Å²) in [6.45, 7) is 3.99. The van der Waals surface area contributed by atoms with Gasteiger partial charge in [-0.2, -0.15) is 9.61 Å². The molecule has 0 unspecified atom stereocenters. The number of nitrogens with zero attached hydrogens (tertiary/aromatic N) is 6. The Labute approximate surface area is 179 Å². The highest BCUT2D eigenvalue weighted by atomic mass is 16.5. The summed E-state index contributed by atoms with van der Waals surface area (Å²) in [6, 6.07) is 14.4. The zero-order chi connectivity index (χ0) is 20.6. The van der Waals surface area contributed by atoms with Gasteiger partial charge in [0, 0.05) is 37.7 Å². The van der Waals surface area contributed by atoms with Crippen molar-refractivity contribution in [1.29, 1.82) is 0 Å². The lowest BCUT2D eigenvalue weighted by Gasteiger charge is -2.27. The van der Waals surface area contributed by atoms with Crippen LogP contribution in [0.3, 0.4) is 0 Å². The molecule has 0 spiro atoms. The van der Waals surface area contributed by atoms with Crippen LogP contribution in [0.2, 0.25) is 0 Å². The van der Waals surface area contributed by atoms with Crippen molar-refractivity contribution in [2.75, 3.05) is 37.8 Å². The van der Waals surface area contributed by atoms with Gasteiger partial charge >= 0.3 is 0 Å². The normalized spacial score (nSPS) is 15.8. The number of fused-ring (bicyclic) bond motifs is 2. The van der Waals surface area contributed by atoms with E-state index in [0.29, 0.717) is 6.42 Å². The topological polar surface area (TPSA) is 77.7 Å². The number of morpholine rings is 1. The maximum absolute atomic E-state index is 5.61. The third kappa shape index (κ3) is 3.48. The predicted molar refractivity (Wildman–Crippen MR) is 115 cm³/mol. The van der Waals surface area contributed by atoms with E-state index >= 15 is 0 Å². The van der Waals surface area contributed by atoms with Gasteiger partial charge in [-0.1, -0.05) is 12.1 Å². The molecule has 0 amide bonds. The summed E-state index contributed by atoms with van der Waals surface area (Å²) in [6.07, 6.45) is 3.50. The van der Waals surface area contributed by atoms with E-state index in [0.717, 1.165) is 73.6 Å². The average Bonchev–Trinajstić information content (AvgIpc) is 3.46. The van der Waals surface area contributed by atoms with Crippen molar-refractivity contribution >= 4 is 11.5 Å². The van der Waals surface area contributed by atoms with Gasteiger partial charge in [-0.3, -0.25) is 0 Å². The van der Waals surface area contributed by atoms with Crippen molar-refractivity contribution in [2.45, 2.75) is 12.8 Å². The van der Waals surface area contributed by atoms with Gasteiger partial charge in [0.15, 0.2) is 11.5 Å². The van der Waals surface area contributed by atoms with Crippen LogP contribution in [0, 0.1) is 0 Å². The largest absolute Gasteiger partial charge is 0.493 e. The summed E-state index contributed by atoms with van der Waals surface area (Å²) in [7, 11) is 0. The van der Waals surface area contributed by atoms with Crippen LogP contribution >= 0.6 is 0 Å². The molecule has 5 heterocycles. The smallest absolute Gasteiger partial charge is 0.177 e. The molecule has 3 aromatic heterocycles. The number of rotatable bonds is 4. The lowest BCUT2D eigenvalue weighted by molar-refractivity contribution is 0.122. The Hall–Kier alpha value is -3.52. The molecule has 0 N–H and O–H groups in total. The zero-order valence-electron chi connectivity index (χ0n) is 17.1. The number of pyridine rings is 1. The first-order chi connectivity index (χ1) is 15.3. The van der Waals surface area contributed by atoms with Crippen LogP contribution in [0.1, 0.15) is 17.0 Å². The van der Waals surface area contributed by atoms with E-state index in [1.807, 2.05) is 35.0 Å². The third-order valence-corrected chi connectivity index (χ3v) is 5.82. The summed E-state index contributed by atoms with van der Waals surface area (Å²) >= 11 is 0. The molecule has 0 radical (unpaired) electrons. The first kappa shape index (κ1) is 18.3. The molecule has 156 valence electrons. The first-order valence-electron chi connectivity index (χ1n) is 10.6. The highest BCUT2D eigenvalue weighted by Gasteiger charge is 2.15. The summed E-state index contributed by atoms with van der Waals surface area (Å²) < 4.78 is 12.9. The highest BCUT2D eigenvalue weighted by molar-refractivity contribution is 5.61. The maximum Gasteiger partial charge on any atom is 0.177 e. The van der Waals surface area contributed by atoms with E-state index in [1.165, 1.54) is 11.1 Å². The van der Waals surface area contributed by atoms with Gasteiger partial charge in [-0.25, -0.2) is 4.98 Å². The van der Waals surface area contributed by atoms with Crippen LogP contribution in [-0.2, 0) is 17.6 Å². The van der Waals surface area contributed by atoms with E-state index in [-0.39, 0.29) is 0 Å². The third-order valence-electron chi connectivity index (χ3n) is 5.82. The highest BCUT2D eigenvalue weighted by Crippen LogP contribution is 2.27. The Bertz CT molecular complexity index is 1230. The summed E-state index contributed by atoms with van der Waals surface area (Å²) in [5.41, 5.74) is 4.99. The number of anilines is 1. The Kier molecular flexibility index (Phi) is 4.49. The standard InChI is InChI=1S/C23H22N6O2/c1-4-20-17(7-10-31-20)13-16(1)14-23-26-25-22-6-3-19(27-29(22)23)18-2-5-21(24-15-18)28-8-11-30-12-9-28/h1-6,13,15H,7-12,14H2. The van der Waals surface area contributed by atoms with E-state index < -0.39 is 0 Å². The molecule has 0 atom stereocenters. The SMILES string of the molecule is c1cc2c(cc1Cc1nnc3ccc(-c4ccc(N5CCOCC5)nc4)nn13)CCO2. The number of hydrogen-bond acceptors (Lipinski definition) is 7. The summed E-state index contributed by atoms with van der Waals surface area (Å²) in [4.78, 5) is 6.89. The zero-order valence-corrected chi connectivity index (χ0v) is 17.1. The fraction of sp³-hybridized carbons (Fsp3) is 0.304. The Morgan fingerprint density at radius 1 is 0.935 bits per heavy atom. The average molecular weight is 414 g/mol. The molecule has 2 aliphatic heterocycles. The van der Waals surface area contributed by atoms with Crippen LogP contribution in [0.15, 0.2) is 48.7 Å². The second-order valence-corrected chi connectivity index (χ2v) is 7.83. The van der Waals surface area contributed by atoms with Gasteiger partial charge in [0.05, 0.1) is 25.5 Å². The first-order valence-corrected chi connectivity index (χ1v) is 10.6. The number of benzene rings is 1. The van der Waals surface area contributed by atoms with Gasteiger partial charge in [-0.15, -0.1) is 10.2 Å². The molecule has 1 fully saturated rings. The lowest BCUT2D eigenvalue weighted by Crippen LogP contribution is -2.36. The van der Waals surface area contributed by atoms with Crippen LogP contribution in [0.25, 0.3) is 16.9 Å². The molecule has 1 saturated heterocycles. The minimum absolute atomic E-state index is 0.666. The quantitative estimate of drug-likeness (QED) is 0.508. The van der Waals surface area contributed by atoms with Gasteiger partial charge in [0.25, 0.3) is 0 Å². The molecular formula is C23H22N6O2. The molecule has 0 aliphatic carbocycles. The van der Waals surface area contributed by atoms with Crippen molar-refractivity contribution in [3.8, 4) is 17.0 Å². The molecule has 8 heteroatoms. The van der Waals surface area contributed by atoms with E-state index in [2.05, 4.69) is 38.3 Å². The Balaban J connectivity index is 1.28. The van der Waals surface area contributed by atoms with Crippen molar-refractivity contribution in [1.82, 2.24) is 24.8 Å². The molecule has 2 aliphatic rings. The van der Waals surface area contributed by atoms with Crippen LogP contribution in [0.5, 0.6) is 5.75 Å². The molecule has 8 nitrogen and oxygen atoms in total. The van der Waals surface area contributed by atoms with Crippen LogP contribution < -0.4 is 9.64 Å². The van der Waals surface area contributed by atoms with E-state index in [1.54, 1.807) is 0 Å². The molecule has 4 aromatic rings. The number of ether oxygens (including phenoxy) is 2. The molecule has 6 rings (SSSR count). The fourth-order valence-electron chi connectivity index (χ4n) is 4.15. The molecule has 31 heavy (non-hydrogen) atoms. The van der Waals surface area contributed by atoms with Gasteiger partial charge in [0.1, 0.15) is 11.6 Å². The van der Waals surface area contributed by atoms with Crippen molar-refractivity contribution < 1.29 is 9.47 Å². The van der Waals surface area contributed by atoms with Crippen molar-refractivity contribution in [2.24, 2.45) is 0 Å². The molecule has 1 aromatic carbocycles. The lowest BCUT2D eigenvalue weighted by atomic mass is 10.1. The monoisotopic (exact) mass is 414 g/mol. The van der Waals surface area contributed by atoms with Gasteiger partial charge < -0.3 is 14.4 Å². The van der Waals surface area contributed by atoms with Gasteiger partial charge in [0.2, 0.25) is 0 Å². The van der Waals surface area contributed by atoms with E-state index in [4.69, 9.17) is 14.6 Å². The van der Waals surface area contributed by atoms with E-state index in [9.17, 15) is 0 Å². The number of hydrogen-bond donors (Lipinski definition) is 0. The minimum atomic E-state index is 0.666. The summed E-state index contributed by atoms with van der Waals surface area (Å²) in [5.74, 6) is 2.77. The molecule has 0 bridgehead atoms. The fourth-order valence-corrected chi connectivity index (χ4v) is 4.15. The summed E-state index contributed by atoms with van der Waals surface area (Å²) in [5, 5.41) is 13.5. The van der Waals surface area contributed by atoms with Crippen LogP contribution in [-0.4, -0.2) is 57.7 Å². The van der Waals surface area contributed by atoms with Gasteiger partial charge in [-0.05, 0) is 41.5 Å². The number of aromatic nitrogens is 5. The molecular weight excluding hydrogens is 392 g/mol. The Morgan fingerprint density at radius 2 is 1.87 bits per heavy atom. The maximum atomic E-state index is 5.61.